The molecule has 2 N–H and O–H groups in total. The number of carbonyl (C=O) groups is 2. The van der Waals surface area contributed by atoms with Gasteiger partial charge < -0.3 is 10.6 Å². The Hall–Kier alpha value is -1.62. The summed E-state index contributed by atoms with van der Waals surface area (Å²) < 4.78 is 13.6. The number of nitrogens with one attached hydrogen (secondary N) is 2. The summed E-state index contributed by atoms with van der Waals surface area (Å²) in [4.78, 5) is 22.8. The van der Waals surface area contributed by atoms with Gasteiger partial charge in [-0.25, -0.2) is 4.39 Å². The fourth-order valence-electron chi connectivity index (χ4n) is 1.80. The third-order valence-electron chi connectivity index (χ3n) is 2.80. The highest BCUT2D eigenvalue weighted by molar-refractivity contribution is 6.31. The molecule has 1 aromatic carbocycles. The van der Waals surface area contributed by atoms with Crippen molar-refractivity contribution in [2.75, 3.05) is 6.54 Å². The predicted octanol–water partition coefficient (Wildman–Crippen LogP) is 1.49. The van der Waals surface area contributed by atoms with Gasteiger partial charge in [0.1, 0.15) is 0 Å². The monoisotopic (exact) mass is 270 g/mol. The summed E-state index contributed by atoms with van der Waals surface area (Å²) in [6, 6.07) is 4.10. The first kappa shape index (κ1) is 12.8. The first-order valence-corrected chi connectivity index (χ1v) is 5.97. The van der Waals surface area contributed by atoms with Crippen LogP contribution < -0.4 is 10.6 Å². The number of carbonyl (C=O) groups excluding carboxylic acids is 2. The van der Waals surface area contributed by atoms with E-state index in [-0.39, 0.29) is 22.5 Å². The molecule has 1 unspecified atom stereocenters. The van der Waals surface area contributed by atoms with Gasteiger partial charge in [0.15, 0.2) is 5.82 Å². The Morgan fingerprint density at radius 3 is 2.94 bits per heavy atom. The second kappa shape index (κ2) is 5.35. The minimum absolute atomic E-state index is 0.0329. The average molecular weight is 271 g/mol. The van der Waals surface area contributed by atoms with E-state index in [2.05, 4.69) is 10.6 Å². The van der Waals surface area contributed by atoms with Gasteiger partial charge in [0.25, 0.3) is 5.91 Å². The molecule has 1 saturated heterocycles. The molecule has 6 heteroatoms. The van der Waals surface area contributed by atoms with Gasteiger partial charge in [0.05, 0.1) is 10.6 Å². The highest BCUT2D eigenvalue weighted by atomic mass is 35.5. The number of amides is 2. The Balaban J connectivity index is 2.03. The zero-order chi connectivity index (χ0) is 13.1. The van der Waals surface area contributed by atoms with Gasteiger partial charge in [-0.15, -0.1) is 0 Å². The third-order valence-corrected chi connectivity index (χ3v) is 3.09. The predicted molar refractivity (Wildman–Crippen MR) is 64.9 cm³/mol. The van der Waals surface area contributed by atoms with Crippen molar-refractivity contribution >= 4 is 23.4 Å². The van der Waals surface area contributed by atoms with Crippen LogP contribution in [0.5, 0.6) is 0 Å². The molecule has 4 nitrogen and oxygen atoms in total. The average Bonchev–Trinajstić information content (AvgIpc) is 2.35. The first-order chi connectivity index (χ1) is 8.58. The lowest BCUT2D eigenvalue weighted by Crippen LogP contribution is -2.47. The lowest BCUT2D eigenvalue weighted by atomic mass is 10.1. The molecule has 0 saturated carbocycles. The van der Waals surface area contributed by atoms with Gasteiger partial charge in [-0.2, -0.15) is 0 Å². The quantitative estimate of drug-likeness (QED) is 0.855. The third kappa shape index (κ3) is 2.79. The zero-order valence-electron chi connectivity index (χ0n) is 9.50. The Morgan fingerprint density at radius 2 is 2.28 bits per heavy atom. The van der Waals surface area contributed by atoms with Crippen molar-refractivity contribution in [3.05, 3.63) is 34.6 Å². The smallest absolute Gasteiger partial charge is 0.254 e. The van der Waals surface area contributed by atoms with E-state index in [0.29, 0.717) is 19.4 Å². The highest BCUT2D eigenvalue weighted by Gasteiger charge is 2.22. The van der Waals surface area contributed by atoms with Crippen molar-refractivity contribution in [3.63, 3.8) is 0 Å². The lowest BCUT2D eigenvalue weighted by Gasteiger charge is -2.23. The van der Waals surface area contributed by atoms with Gasteiger partial charge in [-0.05, 0) is 18.6 Å². The summed E-state index contributed by atoms with van der Waals surface area (Å²) in [6.45, 7) is 0.368. The van der Waals surface area contributed by atoms with E-state index in [1.807, 2.05) is 0 Å². The molecule has 0 bridgehead atoms. The number of hydrogen-bond donors (Lipinski definition) is 2. The molecule has 0 aromatic heterocycles. The van der Waals surface area contributed by atoms with Crippen LogP contribution in [-0.2, 0) is 4.79 Å². The molecule has 0 aliphatic carbocycles. The van der Waals surface area contributed by atoms with Crippen molar-refractivity contribution in [1.82, 2.24) is 10.6 Å². The zero-order valence-corrected chi connectivity index (χ0v) is 10.3. The molecular weight excluding hydrogens is 259 g/mol. The summed E-state index contributed by atoms with van der Waals surface area (Å²) in [5.41, 5.74) is -0.0839. The Bertz CT molecular complexity index is 483. The second-order valence-electron chi connectivity index (χ2n) is 4.11. The minimum atomic E-state index is -0.725. The van der Waals surface area contributed by atoms with Gasteiger partial charge in [-0.3, -0.25) is 9.59 Å². The Labute approximate surface area is 109 Å². The summed E-state index contributed by atoms with van der Waals surface area (Å²) >= 11 is 5.61. The van der Waals surface area contributed by atoms with Crippen molar-refractivity contribution in [2.45, 2.75) is 18.9 Å². The highest BCUT2D eigenvalue weighted by Crippen LogP contribution is 2.18. The Morgan fingerprint density at radius 1 is 1.50 bits per heavy atom. The van der Waals surface area contributed by atoms with E-state index in [1.165, 1.54) is 18.2 Å². The number of rotatable bonds is 2. The van der Waals surface area contributed by atoms with E-state index < -0.39 is 11.7 Å². The SMILES string of the molecule is O=C1CCC(NC(=O)c2cccc(Cl)c2F)CN1. The minimum Gasteiger partial charge on any atom is -0.354 e. The molecule has 2 rings (SSSR count). The molecular formula is C12H12ClFN2O2. The standard InChI is InChI=1S/C12H12ClFN2O2/c13-9-3-1-2-8(11(9)14)12(18)16-7-4-5-10(17)15-6-7/h1-3,7H,4-6H2,(H,15,17)(H,16,18). The normalized spacial score (nSPS) is 19.2. The van der Waals surface area contributed by atoms with Crippen LogP contribution in [0.3, 0.4) is 0 Å². The van der Waals surface area contributed by atoms with Crippen LogP contribution in [0.4, 0.5) is 4.39 Å². The van der Waals surface area contributed by atoms with Crippen LogP contribution in [0.25, 0.3) is 0 Å². The van der Waals surface area contributed by atoms with Crippen LogP contribution in [0.1, 0.15) is 23.2 Å². The summed E-state index contributed by atoms with van der Waals surface area (Å²) in [6.07, 6.45) is 0.919. The summed E-state index contributed by atoms with van der Waals surface area (Å²) in [7, 11) is 0. The molecule has 1 atom stereocenters. The molecule has 0 radical (unpaired) electrons. The van der Waals surface area contributed by atoms with Crippen LogP contribution >= 0.6 is 11.6 Å². The number of piperidine rings is 1. The van der Waals surface area contributed by atoms with Gasteiger partial charge in [-0.1, -0.05) is 17.7 Å². The van der Waals surface area contributed by atoms with Crippen LogP contribution in [0, 0.1) is 5.82 Å². The largest absolute Gasteiger partial charge is 0.354 e. The molecule has 96 valence electrons. The van der Waals surface area contributed by atoms with E-state index >= 15 is 0 Å². The molecule has 2 amide bonds. The fraction of sp³-hybridized carbons (Fsp3) is 0.333. The second-order valence-corrected chi connectivity index (χ2v) is 4.52. The first-order valence-electron chi connectivity index (χ1n) is 5.59. The summed E-state index contributed by atoms with van der Waals surface area (Å²) in [5, 5.41) is 5.23. The van der Waals surface area contributed by atoms with E-state index in [1.54, 1.807) is 0 Å². The molecule has 1 heterocycles. The van der Waals surface area contributed by atoms with E-state index in [0.717, 1.165) is 0 Å². The maximum absolute atomic E-state index is 13.6. The maximum atomic E-state index is 13.6. The topological polar surface area (TPSA) is 58.2 Å². The maximum Gasteiger partial charge on any atom is 0.254 e. The van der Waals surface area contributed by atoms with Gasteiger partial charge in [0, 0.05) is 19.0 Å². The van der Waals surface area contributed by atoms with Crippen LogP contribution in [0.15, 0.2) is 18.2 Å². The molecule has 1 fully saturated rings. The number of benzene rings is 1. The molecule has 18 heavy (non-hydrogen) atoms. The summed E-state index contributed by atoms with van der Waals surface area (Å²) in [5.74, 6) is -1.28. The Kier molecular flexibility index (Phi) is 3.81. The van der Waals surface area contributed by atoms with Crippen LogP contribution in [-0.4, -0.2) is 24.4 Å². The fourth-order valence-corrected chi connectivity index (χ4v) is 1.97. The van der Waals surface area contributed by atoms with Crippen molar-refractivity contribution in [2.24, 2.45) is 0 Å². The van der Waals surface area contributed by atoms with E-state index in [9.17, 15) is 14.0 Å². The molecule has 0 spiro atoms. The number of halogens is 2. The van der Waals surface area contributed by atoms with Gasteiger partial charge in [0.2, 0.25) is 5.91 Å². The van der Waals surface area contributed by atoms with Crippen molar-refractivity contribution in [3.8, 4) is 0 Å². The van der Waals surface area contributed by atoms with Crippen molar-refractivity contribution < 1.29 is 14.0 Å². The molecule has 1 aliphatic heterocycles. The van der Waals surface area contributed by atoms with Crippen molar-refractivity contribution in [1.29, 1.82) is 0 Å². The lowest BCUT2D eigenvalue weighted by molar-refractivity contribution is -0.122. The number of hydrogen-bond acceptors (Lipinski definition) is 2. The molecule has 1 aromatic rings. The van der Waals surface area contributed by atoms with Crippen LogP contribution in [0.2, 0.25) is 5.02 Å². The molecule has 1 aliphatic rings. The van der Waals surface area contributed by atoms with E-state index in [4.69, 9.17) is 11.6 Å². The van der Waals surface area contributed by atoms with Gasteiger partial charge >= 0.3 is 0 Å².